The van der Waals surface area contributed by atoms with Crippen LogP contribution < -0.4 is 10.5 Å². The maximum Gasteiger partial charge on any atom is 0.252 e. The van der Waals surface area contributed by atoms with Crippen molar-refractivity contribution in [2.75, 3.05) is 0 Å². The van der Waals surface area contributed by atoms with Gasteiger partial charge in [-0.1, -0.05) is 42.5 Å². The molecule has 0 radical (unpaired) electrons. The summed E-state index contributed by atoms with van der Waals surface area (Å²) in [5.41, 5.74) is 7.61. The van der Waals surface area contributed by atoms with E-state index in [0.717, 1.165) is 16.3 Å². The highest BCUT2D eigenvalue weighted by Crippen LogP contribution is 2.24. The first-order chi connectivity index (χ1) is 10.7. The van der Waals surface area contributed by atoms with Crippen molar-refractivity contribution in [1.29, 1.82) is 0 Å². The van der Waals surface area contributed by atoms with Crippen molar-refractivity contribution in [3.63, 3.8) is 0 Å². The number of primary amides is 1. The standard InChI is InChI=1S/C17H14N2O2S/c18-16(20)14-8-4-5-9-15(14)21-10-13-11-22-17(19-13)12-6-2-1-3-7-12/h1-9,11H,10H2,(H2,18,20). The van der Waals surface area contributed by atoms with Crippen LogP contribution in [0.15, 0.2) is 60.0 Å². The normalized spacial score (nSPS) is 10.4. The molecule has 0 bridgehead atoms. The number of benzene rings is 2. The van der Waals surface area contributed by atoms with Gasteiger partial charge in [-0.15, -0.1) is 11.3 Å². The fourth-order valence-electron chi connectivity index (χ4n) is 2.03. The van der Waals surface area contributed by atoms with E-state index < -0.39 is 5.91 Å². The first kappa shape index (κ1) is 14.3. The fraction of sp³-hybridized carbons (Fsp3) is 0.0588. The van der Waals surface area contributed by atoms with Crippen molar-refractivity contribution >= 4 is 17.2 Å². The van der Waals surface area contributed by atoms with E-state index in [2.05, 4.69) is 4.98 Å². The number of rotatable bonds is 5. The zero-order chi connectivity index (χ0) is 15.4. The van der Waals surface area contributed by atoms with E-state index in [9.17, 15) is 4.79 Å². The number of hydrogen-bond donors (Lipinski definition) is 1. The molecule has 1 heterocycles. The van der Waals surface area contributed by atoms with Gasteiger partial charge < -0.3 is 10.5 Å². The summed E-state index contributed by atoms with van der Waals surface area (Å²) in [5, 5.41) is 2.90. The van der Waals surface area contributed by atoms with E-state index in [1.165, 1.54) is 0 Å². The number of para-hydroxylation sites is 1. The molecular weight excluding hydrogens is 296 g/mol. The molecule has 5 heteroatoms. The smallest absolute Gasteiger partial charge is 0.252 e. The number of aromatic nitrogens is 1. The van der Waals surface area contributed by atoms with Crippen LogP contribution in [0.4, 0.5) is 0 Å². The Labute approximate surface area is 132 Å². The monoisotopic (exact) mass is 310 g/mol. The summed E-state index contributed by atoms with van der Waals surface area (Å²) < 4.78 is 5.68. The highest BCUT2D eigenvalue weighted by Gasteiger charge is 2.10. The molecule has 0 spiro atoms. The van der Waals surface area contributed by atoms with Gasteiger partial charge in [-0.3, -0.25) is 4.79 Å². The molecule has 0 saturated heterocycles. The van der Waals surface area contributed by atoms with Crippen LogP contribution in [-0.2, 0) is 6.61 Å². The molecule has 2 N–H and O–H groups in total. The van der Waals surface area contributed by atoms with Crippen molar-refractivity contribution in [1.82, 2.24) is 4.98 Å². The number of hydrogen-bond acceptors (Lipinski definition) is 4. The van der Waals surface area contributed by atoms with Gasteiger partial charge >= 0.3 is 0 Å². The largest absolute Gasteiger partial charge is 0.486 e. The van der Waals surface area contributed by atoms with E-state index in [4.69, 9.17) is 10.5 Å². The quantitative estimate of drug-likeness (QED) is 0.784. The van der Waals surface area contributed by atoms with Gasteiger partial charge in [0, 0.05) is 10.9 Å². The second-order valence-electron chi connectivity index (χ2n) is 4.66. The number of nitrogens with zero attached hydrogens (tertiary/aromatic N) is 1. The maximum atomic E-state index is 11.4. The van der Waals surface area contributed by atoms with Crippen molar-refractivity contribution in [3.05, 3.63) is 71.2 Å². The van der Waals surface area contributed by atoms with Gasteiger partial charge in [0.25, 0.3) is 5.91 Å². The fourth-order valence-corrected chi connectivity index (χ4v) is 2.84. The highest BCUT2D eigenvalue weighted by atomic mass is 32.1. The van der Waals surface area contributed by atoms with Gasteiger partial charge in [0.15, 0.2) is 0 Å². The summed E-state index contributed by atoms with van der Waals surface area (Å²) in [6.45, 7) is 0.299. The number of ether oxygens (including phenoxy) is 1. The van der Waals surface area contributed by atoms with Gasteiger partial charge in [-0.2, -0.15) is 0 Å². The van der Waals surface area contributed by atoms with Crippen LogP contribution in [0.1, 0.15) is 16.1 Å². The maximum absolute atomic E-state index is 11.4. The molecule has 2 aromatic carbocycles. The van der Waals surface area contributed by atoms with E-state index in [1.54, 1.807) is 35.6 Å². The first-order valence-electron chi connectivity index (χ1n) is 6.75. The lowest BCUT2D eigenvalue weighted by Gasteiger charge is -2.07. The molecule has 1 aromatic heterocycles. The summed E-state index contributed by atoms with van der Waals surface area (Å²) >= 11 is 1.57. The molecule has 110 valence electrons. The zero-order valence-electron chi connectivity index (χ0n) is 11.7. The molecule has 0 aliphatic carbocycles. The predicted molar refractivity (Wildman–Crippen MR) is 86.8 cm³/mol. The van der Waals surface area contributed by atoms with Gasteiger partial charge in [-0.25, -0.2) is 4.98 Å². The van der Waals surface area contributed by atoms with E-state index in [0.29, 0.717) is 17.9 Å². The van der Waals surface area contributed by atoms with Gasteiger partial charge in [0.1, 0.15) is 17.4 Å². The topological polar surface area (TPSA) is 65.2 Å². The van der Waals surface area contributed by atoms with Crippen LogP contribution in [0.5, 0.6) is 5.75 Å². The summed E-state index contributed by atoms with van der Waals surface area (Å²) in [6.07, 6.45) is 0. The minimum absolute atomic E-state index is 0.299. The summed E-state index contributed by atoms with van der Waals surface area (Å²) in [4.78, 5) is 15.9. The Hall–Kier alpha value is -2.66. The van der Waals surface area contributed by atoms with Crippen LogP contribution in [0.2, 0.25) is 0 Å². The van der Waals surface area contributed by atoms with Gasteiger partial charge in [-0.05, 0) is 12.1 Å². The Balaban J connectivity index is 1.73. The van der Waals surface area contributed by atoms with Crippen LogP contribution in [0.25, 0.3) is 10.6 Å². The third kappa shape index (κ3) is 3.15. The van der Waals surface area contributed by atoms with Crippen LogP contribution in [-0.4, -0.2) is 10.9 Å². The summed E-state index contributed by atoms with van der Waals surface area (Å²) in [5.74, 6) is -0.0249. The molecular formula is C17H14N2O2S. The summed E-state index contributed by atoms with van der Waals surface area (Å²) in [6, 6.07) is 16.9. The second kappa shape index (κ2) is 6.41. The molecule has 3 aromatic rings. The lowest BCUT2D eigenvalue weighted by molar-refractivity contribution is 0.0996. The number of nitrogens with two attached hydrogens (primary N) is 1. The molecule has 0 unspecified atom stereocenters. The van der Waals surface area contributed by atoms with Crippen molar-refractivity contribution < 1.29 is 9.53 Å². The van der Waals surface area contributed by atoms with E-state index in [1.807, 2.05) is 35.7 Å². The highest BCUT2D eigenvalue weighted by molar-refractivity contribution is 7.13. The minimum Gasteiger partial charge on any atom is -0.486 e. The Morgan fingerprint density at radius 2 is 1.82 bits per heavy atom. The van der Waals surface area contributed by atoms with Crippen LogP contribution in [0, 0.1) is 0 Å². The molecule has 1 amide bonds. The molecule has 0 fully saturated rings. The van der Waals surface area contributed by atoms with E-state index in [-0.39, 0.29) is 0 Å². The number of carbonyl (C=O) groups is 1. The zero-order valence-corrected chi connectivity index (χ0v) is 12.5. The van der Waals surface area contributed by atoms with Crippen molar-refractivity contribution in [2.45, 2.75) is 6.61 Å². The molecule has 0 atom stereocenters. The Morgan fingerprint density at radius 1 is 1.09 bits per heavy atom. The Kier molecular flexibility index (Phi) is 4.16. The molecule has 3 rings (SSSR count). The minimum atomic E-state index is -0.501. The number of carbonyl (C=O) groups excluding carboxylic acids is 1. The third-order valence-corrected chi connectivity index (χ3v) is 4.04. The van der Waals surface area contributed by atoms with E-state index >= 15 is 0 Å². The Morgan fingerprint density at radius 3 is 2.59 bits per heavy atom. The lowest BCUT2D eigenvalue weighted by atomic mass is 10.2. The van der Waals surface area contributed by atoms with Crippen molar-refractivity contribution in [2.24, 2.45) is 5.73 Å². The van der Waals surface area contributed by atoms with Gasteiger partial charge in [0.05, 0.1) is 11.3 Å². The van der Waals surface area contributed by atoms with Gasteiger partial charge in [0.2, 0.25) is 0 Å². The number of thiazole rings is 1. The third-order valence-electron chi connectivity index (χ3n) is 3.10. The predicted octanol–water partition coefficient (Wildman–Crippen LogP) is 3.49. The molecule has 4 nitrogen and oxygen atoms in total. The molecule has 0 aliphatic heterocycles. The molecule has 22 heavy (non-hydrogen) atoms. The van der Waals surface area contributed by atoms with Crippen LogP contribution in [0.3, 0.4) is 0 Å². The SMILES string of the molecule is NC(=O)c1ccccc1OCc1csc(-c2ccccc2)n1. The molecule has 0 saturated carbocycles. The lowest BCUT2D eigenvalue weighted by Crippen LogP contribution is -2.12. The number of amides is 1. The first-order valence-corrected chi connectivity index (χ1v) is 7.63. The van der Waals surface area contributed by atoms with Crippen molar-refractivity contribution in [3.8, 4) is 16.3 Å². The average molecular weight is 310 g/mol. The molecule has 0 aliphatic rings. The summed E-state index contributed by atoms with van der Waals surface area (Å²) in [7, 11) is 0. The van der Waals surface area contributed by atoms with Crippen LogP contribution >= 0.6 is 11.3 Å². The second-order valence-corrected chi connectivity index (χ2v) is 5.52. The average Bonchev–Trinajstić information content (AvgIpc) is 3.03. The Bertz CT molecular complexity index is 784.